The zero-order chi connectivity index (χ0) is 23.5. The van der Waals surface area contributed by atoms with E-state index < -0.39 is 23.5 Å². The van der Waals surface area contributed by atoms with Crippen LogP contribution in [0.2, 0.25) is 0 Å². The fourth-order valence-corrected chi connectivity index (χ4v) is 12.7. The van der Waals surface area contributed by atoms with E-state index in [1.807, 2.05) is 6.92 Å². The molecule has 0 bridgehead atoms. The number of rotatable bonds is 5. The van der Waals surface area contributed by atoms with Crippen molar-refractivity contribution >= 4 is 40.0 Å². The lowest BCUT2D eigenvalue weighted by atomic mass is 9.77. The number of nitrogens with one attached hydrogen (secondary N) is 1. The monoisotopic (exact) mass is 512 g/mol. The zero-order valence-electron chi connectivity index (χ0n) is 18.9. The summed E-state index contributed by atoms with van der Waals surface area (Å²) in [5, 5.41) is 9.74. The summed E-state index contributed by atoms with van der Waals surface area (Å²) in [4.78, 5) is 22.5. The van der Waals surface area contributed by atoms with Crippen LogP contribution in [0.25, 0.3) is 11.2 Å². The second-order valence-electron chi connectivity index (χ2n) is 9.39. The third-order valence-electron chi connectivity index (χ3n) is 7.02. The highest BCUT2D eigenvalue weighted by Crippen LogP contribution is 2.76. The third-order valence-corrected chi connectivity index (χ3v) is 12.8. The van der Waals surface area contributed by atoms with Crippen LogP contribution in [0.3, 0.4) is 0 Å². The highest BCUT2D eigenvalue weighted by atomic mass is 32.9. The molecule has 1 aliphatic carbocycles. The zero-order valence-corrected chi connectivity index (χ0v) is 21.4. The summed E-state index contributed by atoms with van der Waals surface area (Å²) in [6.45, 7) is 10.5. The van der Waals surface area contributed by atoms with E-state index in [1.165, 1.54) is 11.9 Å². The van der Waals surface area contributed by atoms with Gasteiger partial charge in [0.15, 0.2) is 11.2 Å². The molecule has 0 unspecified atom stereocenters. The smallest absolute Gasteiger partial charge is 0.296 e. The molecule has 12 heteroatoms. The Bertz CT molecular complexity index is 1200. The summed E-state index contributed by atoms with van der Waals surface area (Å²) in [5.41, 5.74) is -1.42. The maximum Gasteiger partial charge on any atom is 0.296 e. The molecule has 7 atom stereocenters. The number of aromatic hydroxyl groups is 1. The number of hydrogen-bond acceptors (Lipinski definition) is 9. The Morgan fingerprint density at radius 3 is 3.06 bits per heavy atom. The fraction of sp³-hybridized carbons (Fsp3) is 0.667. The topological polar surface area (TPSA) is 111 Å². The van der Waals surface area contributed by atoms with Crippen LogP contribution in [-0.4, -0.2) is 47.7 Å². The standard InChI is InChI=1S/C21H29N4O5PS2/c1-5-13-14(9-16(28-13)25-10-22-17-18(25)23-20(27)24-19(17)26)29-31(32)30-15-8-12(11(2)3)6-7-21(15,4)33-31/h10,12-16H,2,5-9H2,1,3-4H3,(H2,23,24,26,27)/t12-,13+,14-,15+,16+,21+,31+/m0/s1. The molecule has 3 aliphatic rings. The molecule has 9 nitrogen and oxygen atoms in total. The van der Waals surface area contributed by atoms with Crippen molar-refractivity contribution in [2.75, 3.05) is 0 Å². The Labute approximate surface area is 201 Å². The largest absolute Gasteiger partial charge is 0.480 e. The summed E-state index contributed by atoms with van der Waals surface area (Å²) in [6.07, 6.45) is 5.07. The Kier molecular flexibility index (Phi) is 6.03. The first kappa shape index (κ1) is 23.5. The van der Waals surface area contributed by atoms with E-state index in [0.717, 1.165) is 25.7 Å². The number of fused-ring (bicyclic) bond motifs is 2. The van der Waals surface area contributed by atoms with Gasteiger partial charge in [-0.25, -0.2) is 4.98 Å². The van der Waals surface area contributed by atoms with Gasteiger partial charge in [-0.3, -0.25) is 14.3 Å². The van der Waals surface area contributed by atoms with Crippen LogP contribution in [0.4, 0.5) is 0 Å². The number of nitrogens with zero attached hydrogens (tertiary/aromatic N) is 3. The highest BCUT2D eigenvalue weighted by Gasteiger charge is 2.54. The van der Waals surface area contributed by atoms with Crippen LogP contribution in [0.1, 0.15) is 59.1 Å². The van der Waals surface area contributed by atoms with Gasteiger partial charge in [0.1, 0.15) is 6.23 Å². The number of aromatic amines is 1. The molecular formula is C21H29N4O5PS2. The first-order valence-corrected chi connectivity index (χ1v) is 15.3. The molecular weight excluding hydrogens is 483 g/mol. The molecule has 0 spiro atoms. The predicted octanol–water partition coefficient (Wildman–Crippen LogP) is 4.40. The highest BCUT2D eigenvalue weighted by molar-refractivity contribution is 8.68. The molecule has 2 aromatic heterocycles. The van der Waals surface area contributed by atoms with Crippen LogP contribution < -0.4 is 5.56 Å². The van der Waals surface area contributed by atoms with Gasteiger partial charge in [-0.1, -0.05) is 30.5 Å². The molecule has 0 amide bonds. The van der Waals surface area contributed by atoms with Gasteiger partial charge in [0, 0.05) is 11.2 Å². The second-order valence-corrected chi connectivity index (χ2v) is 16.0. The molecule has 2 saturated heterocycles. The molecule has 4 heterocycles. The van der Waals surface area contributed by atoms with Gasteiger partial charge in [0.05, 0.1) is 24.6 Å². The van der Waals surface area contributed by atoms with E-state index in [2.05, 4.69) is 35.4 Å². The van der Waals surface area contributed by atoms with Crippen LogP contribution in [0.15, 0.2) is 23.3 Å². The van der Waals surface area contributed by atoms with Crippen molar-refractivity contribution in [3.63, 3.8) is 0 Å². The van der Waals surface area contributed by atoms with Gasteiger partial charge in [-0.15, -0.1) is 0 Å². The van der Waals surface area contributed by atoms with Crippen molar-refractivity contribution in [1.29, 1.82) is 0 Å². The van der Waals surface area contributed by atoms with Gasteiger partial charge in [-0.05, 0) is 57.3 Å². The van der Waals surface area contributed by atoms with Crippen molar-refractivity contribution < 1.29 is 18.9 Å². The summed E-state index contributed by atoms with van der Waals surface area (Å²) >= 11 is 7.69. The number of aromatic nitrogens is 4. The Morgan fingerprint density at radius 2 is 2.33 bits per heavy atom. The van der Waals surface area contributed by atoms with Crippen molar-refractivity contribution in [3.8, 4) is 6.01 Å². The number of hydrogen-bond donors (Lipinski definition) is 2. The molecule has 2 aliphatic heterocycles. The molecule has 33 heavy (non-hydrogen) atoms. The van der Waals surface area contributed by atoms with Crippen LogP contribution >= 0.6 is 17.1 Å². The van der Waals surface area contributed by atoms with Crippen LogP contribution in [0.5, 0.6) is 6.01 Å². The number of H-pyrrole nitrogens is 1. The van der Waals surface area contributed by atoms with E-state index in [1.54, 1.807) is 15.9 Å². The predicted molar refractivity (Wildman–Crippen MR) is 131 cm³/mol. The van der Waals surface area contributed by atoms with Gasteiger partial charge < -0.3 is 18.9 Å². The molecule has 1 saturated carbocycles. The van der Waals surface area contributed by atoms with Gasteiger partial charge in [-0.2, -0.15) is 4.98 Å². The molecule has 0 aromatic carbocycles. The van der Waals surface area contributed by atoms with Gasteiger partial charge in [0.2, 0.25) is 5.69 Å². The average Bonchev–Trinajstić information content (AvgIpc) is 3.39. The second kappa shape index (κ2) is 8.46. The average molecular weight is 513 g/mol. The van der Waals surface area contributed by atoms with Crippen molar-refractivity contribution in [2.24, 2.45) is 5.92 Å². The van der Waals surface area contributed by atoms with E-state index in [9.17, 15) is 9.90 Å². The van der Waals surface area contributed by atoms with Crippen molar-refractivity contribution in [3.05, 3.63) is 28.8 Å². The summed E-state index contributed by atoms with van der Waals surface area (Å²) < 4.78 is 20.9. The normalized spacial score (nSPS) is 38.6. The number of ether oxygens (including phenoxy) is 1. The first-order valence-electron chi connectivity index (χ1n) is 11.2. The maximum absolute atomic E-state index is 12.1. The molecule has 2 N–H and O–H groups in total. The minimum absolute atomic E-state index is 0.0366. The summed E-state index contributed by atoms with van der Waals surface area (Å²) in [5.74, 6) is 0.467. The van der Waals surface area contributed by atoms with E-state index in [0.29, 0.717) is 12.3 Å². The third kappa shape index (κ3) is 4.21. The number of allylic oxidation sites excluding steroid dienone is 1. The quantitative estimate of drug-likeness (QED) is 0.445. The molecule has 180 valence electrons. The van der Waals surface area contributed by atoms with E-state index in [4.69, 9.17) is 25.6 Å². The fourth-order valence-electron chi connectivity index (χ4n) is 5.07. The molecule has 3 fully saturated rings. The first-order chi connectivity index (χ1) is 15.6. The minimum atomic E-state index is -2.56. The lowest BCUT2D eigenvalue weighted by molar-refractivity contribution is -0.0151. The van der Waals surface area contributed by atoms with Crippen molar-refractivity contribution in [1.82, 2.24) is 19.5 Å². The van der Waals surface area contributed by atoms with E-state index >= 15 is 0 Å². The van der Waals surface area contributed by atoms with Gasteiger partial charge >= 0.3 is 0 Å². The van der Waals surface area contributed by atoms with Gasteiger partial charge in [0.25, 0.3) is 11.6 Å². The minimum Gasteiger partial charge on any atom is -0.480 e. The summed E-state index contributed by atoms with van der Waals surface area (Å²) in [6, 6.07) is -0.456. The van der Waals surface area contributed by atoms with Crippen molar-refractivity contribution in [2.45, 2.75) is 82.2 Å². The lowest BCUT2D eigenvalue weighted by Crippen LogP contribution is -2.39. The molecule has 0 radical (unpaired) electrons. The van der Waals surface area contributed by atoms with Crippen LogP contribution in [0, 0.1) is 5.92 Å². The SMILES string of the molecule is C=C(C)[C@H]1CC[C@@]2(C)S[P@](=S)(O[C@H]3C[C@H](n4cnc5c(=O)[nH]c(O)nc54)O[C@@H]3CC)O[C@@H]2C1. The van der Waals surface area contributed by atoms with E-state index in [-0.39, 0.29) is 34.2 Å². The Morgan fingerprint density at radius 1 is 1.55 bits per heavy atom. The lowest BCUT2D eigenvalue weighted by Gasteiger charge is -2.37. The Hall–Kier alpha value is -1.23. The molecule has 2 aromatic rings. The van der Waals surface area contributed by atoms with Crippen LogP contribution in [-0.2, 0) is 25.6 Å². The number of imidazole rings is 1. The maximum atomic E-state index is 12.1. The molecule has 5 rings (SSSR count). The Balaban J connectivity index is 1.35. The summed E-state index contributed by atoms with van der Waals surface area (Å²) in [7, 11) is 0.